The number of halogens is 3. The van der Waals surface area contributed by atoms with Crippen LogP contribution in [0.15, 0.2) is 36.4 Å². The van der Waals surface area contributed by atoms with Gasteiger partial charge in [0.05, 0.1) is 24.0 Å². The van der Waals surface area contributed by atoms with Crippen LogP contribution >= 0.6 is 0 Å². The van der Waals surface area contributed by atoms with Gasteiger partial charge in [-0.25, -0.2) is 0 Å². The van der Waals surface area contributed by atoms with Gasteiger partial charge in [0.2, 0.25) is 5.91 Å². The maximum atomic E-state index is 13.3. The Bertz CT molecular complexity index is 1030. The third-order valence-corrected chi connectivity index (χ3v) is 6.67. The van der Waals surface area contributed by atoms with E-state index in [1.54, 1.807) is 7.11 Å². The molecule has 1 amide bonds. The topological polar surface area (TPSA) is 56.8 Å². The molecule has 1 fully saturated rings. The van der Waals surface area contributed by atoms with Crippen LogP contribution < -0.4 is 20.3 Å². The van der Waals surface area contributed by atoms with Crippen LogP contribution in [0, 0.1) is 0 Å². The molecule has 0 radical (unpaired) electrons. The first-order valence-electron chi connectivity index (χ1n) is 11.0. The van der Waals surface area contributed by atoms with E-state index >= 15 is 0 Å². The highest BCUT2D eigenvalue weighted by molar-refractivity contribution is 5.99. The SMILES string of the molecule is COc1cc2c(cc1N1C[C@@H](C)N(C)[C@@H](C)C1)NC(C(=O)Nc1ccccc1C(F)(F)F)C2. The summed E-state index contributed by atoms with van der Waals surface area (Å²) in [5.41, 5.74) is 1.53. The third-order valence-electron chi connectivity index (χ3n) is 6.67. The van der Waals surface area contributed by atoms with Crippen LogP contribution in [0.4, 0.5) is 30.2 Å². The van der Waals surface area contributed by atoms with Crippen molar-refractivity contribution < 1.29 is 22.7 Å². The molecule has 2 heterocycles. The summed E-state index contributed by atoms with van der Waals surface area (Å²) in [5.74, 6) is 0.216. The normalized spacial score (nSPS) is 23.1. The molecule has 4 rings (SSSR count). The smallest absolute Gasteiger partial charge is 0.418 e. The van der Waals surface area contributed by atoms with Crippen LogP contribution in [0.1, 0.15) is 25.0 Å². The Balaban J connectivity index is 1.54. The average Bonchev–Trinajstić information content (AvgIpc) is 3.19. The highest BCUT2D eigenvalue weighted by atomic mass is 19.4. The van der Waals surface area contributed by atoms with Gasteiger partial charge in [-0.2, -0.15) is 13.2 Å². The van der Waals surface area contributed by atoms with E-state index in [0.29, 0.717) is 18.5 Å². The number of ether oxygens (including phenoxy) is 1. The minimum absolute atomic E-state index is 0.244. The maximum Gasteiger partial charge on any atom is 0.418 e. The number of piperazine rings is 1. The molecule has 0 bridgehead atoms. The predicted octanol–water partition coefficient (Wildman–Crippen LogP) is 4.22. The fourth-order valence-electron chi connectivity index (χ4n) is 4.60. The van der Waals surface area contributed by atoms with E-state index in [2.05, 4.69) is 41.3 Å². The number of hydrogen-bond acceptors (Lipinski definition) is 5. The van der Waals surface area contributed by atoms with E-state index in [4.69, 9.17) is 4.74 Å². The van der Waals surface area contributed by atoms with Gasteiger partial charge in [-0.05, 0) is 50.7 Å². The molecule has 2 aromatic rings. The van der Waals surface area contributed by atoms with Crippen LogP contribution in [0.2, 0.25) is 0 Å². The number of benzene rings is 2. The lowest BCUT2D eigenvalue weighted by molar-refractivity contribution is -0.137. The summed E-state index contributed by atoms with van der Waals surface area (Å²) < 4.78 is 45.5. The van der Waals surface area contributed by atoms with E-state index in [1.807, 2.05) is 12.1 Å². The van der Waals surface area contributed by atoms with Gasteiger partial charge < -0.3 is 20.3 Å². The zero-order valence-corrected chi connectivity index (χ0v) is 19.2. The number of alkyl halides is 3. The van der Waals surface area contributed by atoms with Crippen molar-refractivity contribution in [3.63, 3.8) is 0 Å². The first-order chi connectivity index (χ1) is 15.6. The standard InChI is InChI=1S/C24H29F3N4O2/c1-14-12-31(13-15(2)30(14)3)21-11-19-16(10-22(21)33-4)9-20(28-19)23(32)29-18-8-6-5-7-17(18)24(25,26)27/h5-8,10-11,14-15,20,28H,9,12-13H2,1-4H3,(H,29,32)/t14-,15+,20?. The number of anilines is 3. The summed E-state index contributed by atoms with van der Waals surface area (Å²) >= 11 is 0. The summed E-state index contributed by atoms with van der Waals surface area (Å²) in [4.78, 5) is 17.5. The number of fused-ring (bicyclic) bond motifs is 1. The minimum Gasteiger partial charge on any atom is -0.495 e. The first kappa shape index (κ1) is 23.2. The molecule has 2 aromatic carbocycles. The summed E-state index contributed by atoms with van der Waals surface area (Å²) in [6, 6.07) is 8.96. The third kappa shape index (κ3) is 4.59. The van der Waals surface area contributed by atoms with Crippen LogP contribution in [-0.4, -0.2) is 56.2 Å². The van der Waals surface area contributed by atoms with Crippen molar-refractivity contribution in [2.75, 3.05) is 42.8 Å². The molecule has 0 saturated carbocycles. The Morgan fingerprint density at radius 3 is 2.45 bits per heavy atom. The second-order valence-electron chi connectivity index (χ2n) is 8.88. The van der Waals surface area contributed by atoms with Crippen LogP contribution in [0.25, 0.3) is 0 Å². The Morgan fingerprint density at radius 2 is 1.82 bits per heavy atom. The largest absolute Gasteiger partial charge is 0.495 e. The van der Waals surface area contributed by atoms with Crippen molar-refractivity contribution in [3.05, 3.63) is 47.5 Å². The Morgan fingerprint density at radius 1 is 1.15 bits per heavy atom. The quantitative estimate of drug-likeness (QED) is 0.713. The minimum atomic E-state index is -4.55. The number of nitrogens with one attached hydrogen (secondary N) is 2. The van der Waals surface area contributed by atoms with E-state index < -0.39 is 23.7 Å². The van der Waals surface area contributed by atoms with E-state index in [0.717, 1.165) is 41.8 Å². The van der Waals surface area contributed by atoms with E-state index in [9.17, 15) is 18.0 Å². The molecule has 0 spiro atoms. The van der Waals surface area contributed by atoms with Crippen LogP contribution in [0.3, 0.4) is 0 Å². The Labute approximate surface area is 191 Å². The number of carbonyl (C=O) groups is 1. The molecule has 2 aliphatic rings. The maximum absolute atomic E-state index is 13.3. The van der Waals surface area contributed by atoms with Crippen molar-refractivity contribution >= 4 is 23.0 Å². The molecular weight excluding hydrogens is 433 g/mol. The molecule has 3 atom stereocenters. The number of rotatable bonds is 4. The molecule has 1 saturated heterocycles. The number of likely N-dealkylation sites (N-methyl/N-ethyl adjacent to an activating group) is 1. The second-order valence-corrected chi connectivity index (χ2v) is 8.88. The van der Waals surface area contributed by atoms with Gasteiger partial charge in [0, 0.05) is 37.3 Å². The highest BCUT2D eigenvalue weighted by Gasteiger charge is 2.35. The number of amides is 1. The summed E-state index contributed by atoms with van der Waals surface area (Å²) in [6.07, 6.45) is -4.18. The number of methoxy groups -OCH3 is 1. The fourth-order valence-corrected chi connectivity index (χ4v) is 4.60. The van der Waals surface area contributed by atoms with Crippen molar-refractivity contribution in [1.29, 1.82) is 0 Å². The number of para-hydroxylation sites is 1. The molecule has 2 aliphatic heterocycles. The second kappa shape index (κ2) is 8.78. The molecule has 178 valence electrons. The lowest BCUT2D eigenvalue weighted by Gasteiger charge is -2.43. The van der Waals surface area contributed by atoms with Gasteiger partial charge in [-0.1, -0.05) is 12.1 Å². The molecular formula is C24H29F3N4O2. The monoisotopic (exact) mass is 462 g/mol. The molecule has 6 nitrogen and oxygen atoms in total. The Kier molecular flexibility index (Phi) is 6.18. The van der Waals surface area contributed by atoms with Gasteiger partial charge >= 0.3 is 6.18 Å². The van der Waals surface area contributed by atoms with Crippen LogP contribution in [0.5, 0.6) is 5.75 Å². The van der Waals surface area contributed by atoms with Gasteiger partial charge in [-0.3, -0.25) is 9.69 Å². The van der Waals surface area contributed by atoms with Crippen LogP contribution in [-0.2, 0) is 17.4 Å². The van der Waals surface area contributed by atoms with Crippen molar-refractivity contribution in [3.8, 4) is 5.75 Å². The highest BCUT2D eigenvalue weighted by Crippen LogP contribution is 2.40. The number of hydrogen-bond donors (Lipinski definition) is 2. The lowest BCUT2D eigenvalue weighted by Crippen LogP contribution is -2.55. The van der Waals surface area contributed by atoms with Crippen molar-refractivity contribution in [2.45, 2.75) is 44.6 Å². The fraction of sp³-hybridized carbons (Fsp3) is 0.458. The molecule has 33 heavy (non-hydrogen) atoms. The Hall–Kier alpha value is -2.94. The molecule has 0 aromatic heterocycles. The average molecular weight is 463 g/mol. The van der Waals surface area contributed by atoms with Gasteiger partial charge in [0.15, 0.2) is 0 Å². The number of carbonyl (C=O) groups excluding carboxylic acids is 1. The van der Waals surface area contributed by atoms with Gasteiger partial charge in [0.25, 0.3) is 0 Å². The summed E-state index contributed by atoms with van der Waals surface area (Å²) in [5, 5.41) is 5.64. The summed E-state index contributed by atoms with van der Waals surface area (Å²) in [6.45, 7) is 6.04. The first-order valence-corrected chi connectivity index (χ1v) is 11.0. The van der Waals surface area contributed by atoms with Crippen molar-refractivity contribution in [2.24, 2.45) is 0 Å². The molecule has 0 aliphatic carbocycles. The lowest BCUT2D eigenvalue weighted by atomic mass is 10.0. The molecule has 2 N–H and O–H groups in total. The van der Waals surface area contributed by atoms with E-state index in [1.165, 1.54) is 18.2 Å². The zero-order chi connectivity index (χ0) is 23.9. The summed E-state index contributed by atoms with van der Waals surface area (Å²) in [7, 11) is 3.74. The number of nitrogens with zero attached hydrogens (tertiary/aromatic N) is 2. The van der Waals surface area contributed by atoms with Gasteiger partial charge in [-0.15, -0.1) is 0 Å². The predicted molar refractivity (Wildman–Crippen MR) is 123 cm³/mol. The van der Waals surface area contributed by atoms with Crippen molar-refractivity contribution in [1.82, 2.24) is 4.90 Å². The zero-order valence-electron chi connectivity index (χ0n) is 19.2. The van der Waals surface area contributed by atoms with E-state index in [-0.39, 0.29) is 5.69 Å². The molecule has 9 heteroatoms. The van der Waals surface area contributed by atoms with Gasteiger partial charge in [0.1, 0.15) is 11.8 Å². The molecule has 1 unspecified atom stereocenters.